The number of hydrogen-bond acceptors (Lipinski definition) is 1. The van der Waals surface area contributed by atoms with Crippen molar-refractivity contribution in [2.45, 2.75) is 0 Å². The summed E-state index contributed by atoms with van der Waals surface area (Å²) in [5.41, 5.74) is 10.8. The number of benzene rings is 1. The molecule has 0 amide bonds. The van der Waals surface area contributed by atoms with E-state index in [1.807, 2.05) is 6.07 Å². The molecule has 0 aliphatic rings. The van der Waals surface area contributed by atoms with Crippen LogP contribution in [0.2, 0.25) is 0 Å². The summed E-state index contributed by atoms with van der Waals surface area (Å²) in [5.74, 6) is 0. The second-order valence-electron chi connectivity index (χ2n) is 2.27. The minimum absolute atomic E-state index is 0.521. The molecule has 66 valence electrons. The molecule has 0 bridgehead atoms. The monoisotopic (exact) mass is 205 g/mol. The second-order valence-corrected chi connectivity index (χ2v) is 4.59. The van der Waals surface area contributed by atoms with Gasteiger partial charge in [-0.25, -0.2) is 4.19 Å². The van der Waals surface area contributed by atoms with Crippen LogP contribution in [0.15, 0.2) is 30.3 Å². The first-order chi connectivity index (χ1) is 5.52. The highest BCUT2D eigenvalue weighted by Crippen LogP contribution is 2.38. The van der Waals surface area contributed by atoms with E-state index in [1.54, 1.807) is 24.3 Å². The molecule has 1 rings (SSSR count). The van der Waals surface area contributed by atoms with Crippen molar-refractivity contribution < 1.29 is 4.57 Å². The molecule has 0 radical (unpaired) electrons. The van der Waals surface area contributed by atoms with Gasteiger partial charge in [-0.15, -0.1) is 0 Å². The van der Waals surface area contributed by atoms with Gasteiger partial charge in [-0.3, -0.25) is 15.6 Å². The maximum absolute atomic E-state index is 11.1. The van der Waals surface area contributed by atoms with Gasteiger partial charge >= 0.3 is 7.59 Å². The first kappa shape index (κ1) is 9.55. The van der Waals surface area contributed by atoms with E-state index in [0.717, 1.165) is 4.19 Å². The highest BCUT2D eigenvalue weighted by atomic mass is 35.5. The standard InChI is InChI=1S/C6H9ClN3OP/c7-10(12(8,9)11)6-4-2-1-3-5-6/h1-5H,(H4,8,9,11). The zero-order valence-electron chi connectivity index (χ0n) is 6.22. The van der Waals surface area contributed by atoms with Gasteiger partial charge in [0.1, 0.15) is 0 Å². The fourth-order valence-corrected chi connectivity index (χ4v) is 1.34. The molecule has 1 aromatic carbocycles. The summed E-state index contributed by atoms with van der Waals surface area (Å²) in [6, 6.07) is 8.64. The Balaban J connectivity index is 2.94. The highest BCUT2D eigenvalue weighted by molar-refractivity contribution is 7.62. The molecule has 0 spiro atoms. The van der Waals surface area contributed by atoms with Gasteiger partial charge in [0.2, 0.25) is 0 Å². The molecular formula is C6H9ClN3OP. The van der Waals surface area contributed by atoms with Crippen LogP contribution in [0.1, 0.15) is 0 Å². The molecule has 4 N–H and O–H groups in total. The summed E-state index contributed by atoms with van der Waals surface area (Å²) in [4.78, 5) is 0. The predicted molar refractivity (Wildman–Crippen MR) is 50.8 cm³/mol. The lowest BCUT2D eigenvalue weighted by Gasteiger charge is -2.18. The van der Waals surface area contributed by atoms with Crippen LogP contribution < -0.4 is 15.2 Å². The number of anilines is 1. The minimum Gasteiger partial charge on any atom is -0.263 e. The summed E-state index contributed by atoms with van der Waals surface area (Å²) in [5, 5.41) is 0. The van der Waals surface area contributed by atoms with Crippen LogP contribution in [0.25, 0.3) is 0 Å². The Bertz CT molecular complexity index is 299. The van der Waals surface area contributed by atoms with E-state index in [1.165, 1.54) is 0 Å². The summed E-state index contributed by atoms with van der Waals surface area (Å²) in [7, 11) is -3.38. The van der Waals surface area contributed by atoms with Gasteiger partial charge in [-0.1, -0.05) is 18.2 Å². The van der Waals surface area contributed by atoms with Gasteiger partial charge in [-0.05, 0) is 12.1 Å². The second kappa shape index (κ2) is 3.46. The van der Waals surface area contributed by atoms with Gasteiger partial charge < -0.3 is 0 Å². The van der Waals surface area contributed by atoms with E-state index in [9.17, 15) is 4.57 Å². The molecule has 0 aliphatic carbocycles. The Morgan fingerprint density at radius 1 is 1.25 bits per heavy atom. The van der Waals surface area contributed by atoms with Crippen molar-refractivity contribution in [3.8, 4) is 0 Å². The SMILES string of the molecule is NP(N)(=O)N(Cl)c1ccccc1. The molecule has 0 aliphatic heterocycles. The smallest absolute Gasteiger partial charge is 0.263 e. The van der Waals surface area contributed by atoms with Crippen molar-refractivity contribution in [3.63, 3.8) is 0 Å². The third-order valence-corrected chi connectivity index (χ3v) is 2.93. The van der Waals surface area contributed by atoms with Crippen molar-refractivity contribution in [1.29, 1.82) is 0 Å². The van der Waals surface area contributed by atoms with E-state index in [0.29, 0.717) is 5.69 Å². The van der Waals surface area contributed by atoms with Crippen molar-refractivity contribution in [1.82, 2.24) is 0 Å². The Hall–Kier alpha value is -0.540. The molecule has 0 aromatic heterocycles. The third-order valence-electron chi connectivity index (χ3n) is 1.24. The molecule has 0 saturated heterocycles. The number of nitrogens with zero attached hydrogens (tertiary/aromatic N) is 1. The summed E-state index contributed by atoms with van der Waals surface area (Å²) in [6.07, 6.45) is 0. The Morgan fingerprint density at radius 2 is 1.75 bits per heavy atom. The lowest BCUT2D eigenvalue weighted by atomic mass is 10.3. The number of para-hydroxylation sites is 1. The third kappa shape index (κ3) is 2.22. The van der Waals surface area contributed by atoms with Crippen molar-refractivity contribution in [2.75, 3.05) is 4.19 Å². The van der Waals surface area contributed by atoms with Crippen LogP contribution in [0.3, 0.4) is 0 Å². The lowest BCUT2D eigenvalue weighted by molar-refractivity contribution is 0.578. The normalized spacial score (nSPS) is 11.2. The Morgan fingerprint density at radius 3 is 2.17 bits per heavy atom. The Labute approximate surface area is 75.7 Å². The van der Waals surface area contributed by atoms with Crippen molar-refractivity contribution >= 4 is 25.1 Å². The quantitative estimate of drug-likeness (QED) is 0.569. The molecule has 12 heavy (non-hydrogen) atoms. The van der Waals surface area contributed by atoms with Crippen molar-refractivity contribution in [2.24, 2.45) is 11.0 Å². The number of rotatable bonds is 2. The van der Waals surface area contributed by atoms with Gasteiger partial charge in [-0.2, -0.15) is 0 Å². The predicted octanol–water partition coefficient (Wildman–Crippen LogP) is 1.67. The van der Waals surface area contributed by atoms with Crippen LogP contribution in [0, 0.1) is 0 Å². The average Bonchev–Trinajstić information content (AvgIpc) is 2.03. The zero-order chi connectivity index (χ0) is 9.19. The molecule has 4 nitrogen and oxygen atoms in total. The minimum atomic E-state index is -3.38. The van der Waals surface area contributed by atoms with Crippen LogP contribution in [0.5, 0.6) is 0 Å². The molecule has 1 aromatic rings. The van der Waals surface area contributed by atoms with Crippen LogP contribution in [0.4, 0.5) is 5.69 Å². The molecular weight excluding hydrogens is 197 g/mol. The molecule has 0 heterocycles. The van der Waals surface area contributed by atoms with Gasteiger partial charge in [0.25, 0.3) is 0 Å². The fourth-order valence-electron chi connectivity index (χ4n) is 0.731. The van der Waals surface area contributed by atoms with Crippen LogP contribution in [-0.4, -0.2) is 0 Å². The number of nitrogens with two attached hydrogens (primary N) is 2. The first-order valence-electron chi connectivity index (χ1n) is 3.20. The first-order valence-corrected chi connectivity index (χ1v) is 5.34. The number of halogens is 1. The van der Waals surface area contributed by atoms with Gasteiger partial charge in [0, 0.05) is 11.8 Å². The van der Waals surface area contributed by atoms with Crippen LogP contribution >= 0.6 is 19.4 Å². The van der Waals surface area contributed by atoms with E-state index < -0.39 is 7.59 Å². The topological polar surface area (TPSA) is 72.3 Å². The Kier molecular flexibility index (Phi) is 2.75. The maximum Gasteiger partial charge on any atom is 0.314 e. The van der Waals surface area contributed by atoms with E-state index in [4.69, 9.17) is 22.8 Å². The maximum atomic E-state index is 11.1. The number of hydrogen-bond donors (Lipinski definition) is 2. The largest absolute Gasteiger partial charge is 0.314 e. The van der Waals surface area contributed by atoms with Gasteiger partial charge in [0.05, 0.1) is 5.69 Å². The molecule has 0 atom stereocenters. The van der Waals surface area contributed by atoms with Crippen molar-refractivity contribution in [3.05, 3.63) is 30.3 Å². The summed E-state index contributed by atoms with van der Waals surface area (Å²) >= 11 is 5.60. The molecule has 0 fully saturated rings. The van der Waals surface area contributed by atoms with Crippen LogP contribution in [-0.2, 0) is 4.57 Å². The summed E-state index contributed by atoms with van der Waals surface area (Å²) in [6.45, 7) is 0. The molecule has 0 saturated carbocycles. The average molecular weight is 206 g/mol. The van der Waals surface area contributed by atoms with E-state index in [-0.39, 0.29) is 0 Å². The zero-order valence-corrected chi connectivity index (χ0v) is 7.87. The highest BCUT2D eigenvalue weighted by Gasteiger charge is 2.18. The molecule has 0 unspecified atom stereocenters. The fraction of sp³-hybridized carbons (Fsp3) is 0. The lowest BCUT2D eigenvalue weighted by Crippen LogP contribution is -2.19. The van der Waals surface area contributed by atoms with E-state index in [2.05, 4.69) is 0 Å². The molecule has 6 heteroatoms. The summed E-state index contributed by atoms with van der Waals surface area (Å²) < 4.78 is 11.9. The van der Waals surface area contributed by atoms with E-state index >= 15 is 0 Å². The van der Waals surface area contributed by atoms with Gasteiger partial charge in [0.15, 0.2) is 0 Å².